The van der Waals surface area contributed by atoms with Crippen LogP contribution in [0.1, 0.15) is 32.6 Å². The van der Waals surface area contributed by atoms with E-state index in [9.17, 15) is 9.59 Å². The lowest BCUT2D eigenvalue weighted by Crippen LogP contribution is -2.48. The third kappa shape index (κ3) is 2.19. The van der Waals surface area contributed by atoms with Crippen molar-refractivity contribution in [1.29, 1.82) is 0 Å². The second kappa shape index (κ2) is 4.41. The number of hydrogen-bond donors (Lipinski definition) is 1. The molecular formula is C11H17NO4. The molecule has 2 rings (SSSR count). The van der Waals surface area contributed by atoms with Crippen LogP contribution in [-0.2, 0) is 14.3 Å². The molecule has 2 fully saturated rings. The van der Waals surface area contributed by atoms with Gasteiger partial charge in [-0.3, -0.25) is 4.79 Å². The predicted octanol–water partition coefficient (Wildman–Crippen LogP) is 0.629. The van der Waals surface area contributed by atoms with E-state index < -0.39 is 18.1 Å². The number of carbonyl (C=O) groups is 2. The van der Waals surface area contributed by atoms with E-state index >= 15 is 0 Å². The van der Waals surface area contributed by atoms with Gasteiger partial charge < -0.3 is 14.7 Å². The first-order valence-corrected chi connectivity index (χ1v) is 5.78. The molecule has 0 spiro atoms. The van der Waals surface area contributed by atoms with Crippen LogP contribution < -0.4 is 0 Å². The predicted molar refractivity (Wildman–Crippen MR) is 55.9 cm³/mol. The first-order valence-electron chi connectivity index (χ1n) is 5.78. The number of aliphatic carboxylic acids is 1. The quantitative estimate of drug-likeness (QED) is 0.765. The molecule has 1 saturated carbocycles. The van der Waals surface area contributed by atoms with Crippen molar-refractivity contribution in [1.82, 2.24) is 4.90 Å². The number of carboxylic acids is 1. The van der Waals surface area contributed by atoms with E-state index in [1.54, 1.807) is 6.92 Å². The fourth-order valence-electron chi connectivity index (χ4n) is 2.10. The van der Waals surface area contributed by atoms with Gasteiger partial charge >= 0.3 is 5.97 Å². The molecule has 5 heteroatoms. The van der Waals surface area contributed by atoms with E-state index in [1.165, 1.54) is 4.90 Å². The van der Waals surface area contributed by atoms with Crippen molar-refractivity contribution in [2.75, 3.05) is 6.61 Å². The average Bonchev–Trinajstić information content (AvgIpc) is 2.93. The van der Waals surface area contributed by atoms with Gasteiger partial charge in [-0.1, -0.05) is 0 Å². The van der Waals surface area contributed by atoms with Crippen molar-refractivity contribution >= 4 is 11.9 Å². The van der Waals surface area contributed by atoms with Crippen molar-refractivity contribution in [2.45, 2.75) is 50.8 Å². The highest BCUT2D eigenvalue weighted by Gasteiger charge is 2.41. The maximum Gasteiger partial charge on any atom is 0.326 e. The second-order valence-electron chi connectivity index (χ2n) is 4.49. The average molecular weight is 227 g/mol. The van der Waals surface area contributed by atoms with Gasteiger partial charge in [0.15, 0.2) is 0 Å². The Hall–Kier alpha value is -1.10. The molecule has 0 aromatic rings. The summed E-state index contributed by atoms with van der Waals surface area (Å²) in [5, 5.41) is 8.99. The molecule has 2 atom stereocenters. The molecule has 1 unspecified atom stereocenters. The lowest BCUT2D eigenvalue weighted by Gasteiger charge is -2.28. The highest BCUT2D eigenvalue weighted by molar-refractivity contribution is 5.87. The molecule has 0 radical (unpaired) electrons. The van der Waals surface area contributed by atoms with E-state index in [2.05, 4.69) is 0 Å². The fraction of sp³-hybridized carbons (Fsp3) is 0.818. The van der Waals surface area contributed by atoms with Gasteiger partial charge in [0.2, 0.25) is 0 Å². The summed E-state index contributed by atoms with van der Waals surface area (Å²) >= 11 is 0. The van der Waals surface area contributed by atoms with Gasteiger partial charge in [0.1, 0.15) is 12.1 Å². The number of ether oxygens (including phenoxy) is 1. The molecule has 90 valence electrons. The van der Waals surface area contributed by atoms with Crippen molar-refractivity contribution in [3.8, 4) is 0 Å². The molecule has 1 aliphatic heterocycles. The summed E-state index contributed by atoms with van der Waals surface area (Å²) in [6.07, 6.45) is 3.01. The third-order valence-electron chi connectivity index (χ3n) is 3.17. The monoisotopic (exact) mass is 227 g/mol. The molecule has 0 bridgehead atoms. The zero-order valence-electron chi connectivity index (χ0n) is 9.39. The van der Waals surface area contributed by atoms with E-state index in [-0.39, 0.29) is 11.9 Å². The minimum atomic E-state index is -0.946. The molecule has 0 aromatic heterocycles. The molecule has 1 aliphatic carbocycles. The van der Waals surface area contributed by atoms with E-state index in [0.717, 1.165) is 19.3 Å². The Labute approximate surface area is 94.4 Å². The molecule has 5 nitrogen and oxygen atoms in total. The van der Waals surface area contributed by atoms with Crippen LogP contribution in [0.25, 0.3) is 0 Å². The van der Waals surface area contributed by atoms with E-state index in [1.807, 2.05) is 0 Å². The zero-order chi connectivity index (χ0) is 11.7. The maximum absolute atomic E-state index is 12.1. The second-order valence-corrected chi connectivity index (χ2v) is 4.49. The van der Waals surface area contributed by atoms with E-state index in [4.69, 9.17) is 9.84 Å². The Bertz CT molecular complexity index is 294. The smallest absolute Gasteiger partial charge is 0.326 e. The summed E-state index contributed by atoms with van der Waals surface area (Å²) in [4.78, 5) is 24.6. The Morgan fingerprint density at radius 2 is 2.06 bits per heavy atom. The van der Waals surface area contributed by atoms with Gasteiger partial charge in [-0.25, -0.2) is 4.79 Å². The van der Waals surface area contributed by atoms with Gasteiger partial charge in [-0.2, -0.15) is 0 Å². The summed E-state index contributed by atoms with van der Waals surface area (Å²) < 4.78 is 5.32. The van der Waals surface area contributed by atoms with Gasteiger partial charge in [0, 0.05) is 12.6 Å². The summed E-state index contributed by atoms with van der Waals surface area (Å²) in [6.45, 7) is 2.17. The highest BCUT2D eigenvalue weighted by atomic mass is 16.5. The number of amides is 1. The zero-order valence-corrected chi connectivity index (χ0v) is 9.39. The summed E-state index contributed by atoms with van der Waals surface area (Å²) in [7, 11) is 0. The number of nitrogens with zero attached hydrogens (tertiary/aromatic N) is 1. The largest absolute Gasteiger partial charge is 0.480 e. The SMILES string of the molecule is CC(C(=O)O)N(C(=O)[C@H]1CCCO1)C1CC1. The van der Waals surface area contributed by atoms with Gasteiger partial charge in [0.05, 0.1) is 0 Å². The van der Waals surface area contributed by atoms with Crippen molar-refractivity contribution in [3.05, 3.63) is 0 Å². The normalized spacial score (nSPS) is 26.4. The number of hydrogen-bond acceptors (Lipinski definition) is 3. The number of rotatable bonds is 4. The van der Waals surface area contributed by atoms with Crippen LogP contribution in [0.15, 0.2) is 0 Å². The summed E-state index contributed by atoms with van der Waals surface area (Å²) in [5.41, 5.74) is 0. The van der Waals surface area contributed by atoms with Crippen LogP contribution in [0.3, 0.4) is 0 Å². The van der Waals surface area contributed by atoms with Crippen LogP contribution in [0.2, 0.25) is 0 Å². The Morgan fingerprint density at radius 3 is 2.50 bits per heavy atom. The Kier molecular flexibility index (Phi) is 3.14. The standard InChI is InChI=1S/C11H17NO4/c1-7(11(14)15)12(8-4-5-8)10(13)9-3-2-6-16-9/h7-9H,2-6H2,1H3,(H,14,15)/t7?,9-/m1/s1. The molecule has 0 aromatic carbocycles. The first kappa shape index (κ1) is 11.4. The molecule has 1 heterocycles. The van der Waals surface area contributed by atoms with E-state index in [0.29, 0.717) is 13.0 Å². The Morgan fingerprint density at radius 1 is 1.38 bits per heavy atom. The lowest BCUT2D eigenvalue weighted by molar-refractivity contribution is -0.154. The van der Waals surface area contributed by atoms with Crippen molar-refractivity contribution < 1.29 is 19.4 Å². The molecule has 1 saturated heterocycles. The first-order chi connectivity index (χ1) is 7.61. The molecule has 1 amide bonds. The molecule has 2 aliphatic rings. The summed E-state index contributed by atoms with van der Waals surface area (Å²) in [5.74, 6) is -1.09. The van der Waals surface area contributed by atoms with Crippen LogP contribution in [-0.4, -0.2) is 46.7 Å². The van der Waals surface area contributed by atoms with Crippen LogP contribution in [0.5, 0.6) is 0 Å². The topological polar surface area (TPSA) is 66.8 Å². The molecule has 1 N–H and O–H groups in total. The van der Waals surface area contributed by atoms with Crippen molar-refractivity contribution in [2.24, 2.45) is 0 Å². The van der Waals surface area contributed by atoms with Crippen LogP contribution >= 0.6 is 0 Å². The lowest BCUT2D eigenvalue weighted by atomic mass is 10.2. The Balaban J connectivity index is 2.06. The number of carboxylic acid groups (broad SMARTS) is 1. The van der Waals surface area contributed by atoms with Crippen LogP contribution in [0.4, 0.5) is 0 Å². The van der Waals surface area contributed by atoms with Gasteiger partial charge in [0.25, 0.3) is 5.91 Å². The minimum absolute atomic E-state index is 0.114. The summed E-state index contributed by atoms with van der Waals surface area (Å²) in [6, 6.07) is -0.632. The number of carbonyl (C=O) groups excluding carboxylic acids is 1. The maximum atomic E-state index is 12.1. The van der Waals surface area contributed by atoms with Gasteiger partial charge in [-0.05, 0) is 32.6 Å². The third-order valence-corrected chi connectivity index (χ3v) is 3.17. The molecular weight excluding hydrogens is 210 g/mol. The van der Waals surface area contributed by atoms with Crippen molar-refractivity contribution in [3.63, 3.8) is 0 Å². The van der Waals surface area contributed by atoms with Gasteiger partial charge in [-0.15, -0.1) is 0 Å². The highest BCUT2D eigenvalue weighted by Crippen LogP contribution is 2.30. The minimum Gasteiger partial charge on any atom is -0.480 e. The van der Waals surface area contributed by atoms with Crippen LogP contribution in [0, 0.1) is 0 Å². The molecule has 16 heavy (non-hydrogen) atoms. The fourth-order valence-corrected chi connectivity index (χ4v) is 2.10.